The molecule has 3 rings (SSSR count). The van der Waals surface area contributed by atoms with E-state index in [2.05, 4.69) is 37.2 Å². The molecule has 1 N–H and O–H groups in total. The largest absolute Gasteiger partial charge is 0.453 e. The quantitative estimate of drug-likeness (QED) is 0.617. The molecule has 0 aliphatic carbocycles. The van der Waals surface area contributed by atoms with Gasteiger partial charge in [-0.3, -0.25) is 0 Å². The molecule has 0 amide bonds. The number of anilines is 2. The van der Waals surface area contributed by atoms with E-state index < -0.39 is 0 Å². The molecule has 0 bridgehead atoms. The average Bonchev–Trinajstić information content (AvgIpc) is 2.26. The van der Waals surface area contributed by atoms with Crippen molar-refractivity contribution >= 4 is 43.2 Å². The molecule has 0 fully saturated rings. The summed E-state index contributed by atoms with van der Waals surface area (Å²) >= 11 is 6.87. The van der Waals surface area contributed by atoms with E-state index in [9.17, 15) is 0 Å². The average molecular weight is 341 g/mol. The second kappa shape index (κ2) is 3.79. The van der Waals surface area contributed by atoms with E-state index >= 15 is 0 Å². The minimum Gasteiger partial charge on any atom is -0.453 e. The molecular formula is C12H7Br2NO. The van der Waals surface area contributed by atoms with Gasteiger partial charge in [0.2, 0.25) is 0 Å². The van der Waals surface area contributed by atoms with Crippen LogP contribution in [0.25, 0.3) is 0 Å². The highest BCUT2D eigenvalue weighted by Crippen LogP contribution is 2.43. The second-order valence-corrected chi connectivity index (χ2v) is 5.34. The van der Waals surface area contributed by atoms with Gasteiger partial charge in [-0.25, -0.2) is 0 Å². The topological polar surface area (TPSA) is 21.3 Å². The van der Waals surface area contributed by atoms with Crippen LogP contribution < -0.4 is 10.1 Å². The standard InChI is InChI=1S/C12H7Br2NO/c13-7-2-4-11-10(5-7)15-9-3-1-8(14)6-12(9)16-11/h1-6,15H. The van der Waals surface area contributed by atoms with Crippen molar-refractivity contribution in [2.75, 3.05) is 5.32 Å². The molecule has 4 heteroatoms. The van der Waals surface area contributed by atoms with Gasteiger partial charge in [-0.05, 0) is 36.4 Å². The molecule has 2 aromatic rings. The maximum Gasteiger partial charge on any atom is 0.152 e. The molecule has 1 aliphatic heterocycles. The maximum absolute atomic E-state index is 5.80. The number of ether oxygens (including phenoxy) is 1. The molecule has 0 spiro atoms. The summed E-state index contributed by atoms with van der Waals surface area (Å²) in [6.07, 6.45) is 0. The van der Waals surface area contributed by atoms with Crippen LogP contribution in [0.3, 0.4) is 0 Å². The molecule has 2 nitrogen and oxygen atoms in total. The number of hydrogen-bond donors (Lipinski definition) is 1. The number of rotatable bonds is 0. The minimum absolute atomic E-state index is 0.837. The highest BCUT2D eigenvalue weighted by Gasteiger charge is 2.16. The fraction of sp³-hybridized carbons (Fsp3) is 0. The van der Waals surface area contributed by atoms with Crippen molar-refractivity contribution in [3.63, 3.8) is 0 Å². The molecule has 0 aromatic heterocycles. The minimum atomic E-state index is 0.837. The molecule has 0 saturated carbocycles. The maximum atomic E-state index is 5.80. The van der Waals surface area contributed by atoms with Gasteiger partial charge in [-0.15, -0.1) is 0 Å². The molecule has 80 valence electrons. The van der Waals surface area contributed by atoms with Crippen LogP contribution in [-0.2, 0) is 0 Å². The molecule has 0 unspecified atom stereocenters. The highest BCUT2D eigenvalue weighted by molar-refractivity contribution is 9.10. The van der Waals surface area contributed by atoms with Crippen LogP contribution in [0.1, 0.15) is 0 Å². The fourth-order valence-electron chi connectivity index (χ4n) is 1.64. The lowest BCUT2D eigenvalue weighted by Gasteiger charge is -2.21. The van der Waals surface area contributed by atoms with Gasteiger partial charge in [0.05, 0.1) is 11.4 Å². The summed E-state index contributed by atoms with van der Waals surface area (Å²) in [6.45, 7) is 0. The Bertz CT molecular complexity index is 517. The van der Waals surface area contributed by atoms with Gasteiger partial charge in [0, 0.05) is 8.95 Å². The monoisotopic (exact) mass is 339 g/mol. The van der Waals surface area contributed by atoms with E-state index in [0.29, 0.717) is 0 Å². The van der Waals surface area contributed by atoms with E-state index in [1.807, 2.05) is 36.4 Å². The van der Waals surface area contributed by atoms with Crippen LogP contribution in [0, 0.1) is 0 Å². The molecule has 0 radical (unpaired) electrons. The summed E-state index contributed by atoms with van der Waals surface area (Å²) < 4.78 is 7.84. The third kappa shape index (κ3) is 1.72. The Labute approximate surface area is 110 Å². The Morgan fingerprint density at radius 3 is 2.44 bits per heavy atom. The Balaban J connectivity index is 2.09. The number of halogens is 2. The predicted molar refractivity (Wildman–Crippen MR) is 71.6 cm³/mol. The van der Waals surface area contributed by atoms with E-state index in [-0.39, 0.29) is 0 Å². The first-order chi connectivity index (χ1) is 7.72. The lowest BCUT2D eigenvalue weighted by Crippen LogP contribution is -2.02. The lowest BCUT2D eigenvalue weighted by molar-refractivity contribution is 0.480. The van der Waals surface area contributed by atoms with Crippen LogP contribution >= 0.6 is 31.9 Å². The number of hydrogen-bond acceptors (Lipinski definition) is 2. The molecule has 0 saturated heterocycles. The van der Waals surface area contributed by atoms with Crippen molar-refractivity contribution in [2.24, 2.45) is 0 Å². The van der Waals surface area contributed by atoms with Crippen LogP contribution in [0.2, 0.25) is 0 Å². The third-order valence-corrected chi connectivity index (χ3v) is 3.36. The lowest BCUT2D eigenvalue weighted by atomic mass is 10.2. The van der Waals surface area contributed by atoms with Gasteiger partial charge in [0.15, 0.2) is 11.5 Å². The van der Waals surface area contributed by atoms with Crippen molar-refractivity contribution in [3.05, 3.63) is 45.3 Å². The highest BCUT2D eigenvalue weighted by atomic mass is 79.9. The SMILES string of the molecule is Brc1ccc2c(c1)Nc1ccc(Br)cc1O2. The second-order valence-electron chi connectivity index (χ2n) is 3.51. The summed E-state index contributed by atoms with van der Waals surface area (Å²) in [5.74, 6) is 1.68. The van der Waals surface area contributed by atoms with Crippen molar-refractivity contribution < 1.29 is 4.74 Å². The first kappa shape index (κ1) is 10.2. The van der Waals surface area contributed by atoms with Gasteiger partial charge in [-0.1, -0.05) is 31.9 Å². The zero-order chi connectivity index (χ0) is 11.1. The van der Waals surface area contributed by atoms with E-state index in [1.165, 1.54) is 0 Å². The van der Waals surface area contributed by atoms with Crippen molar-refractivity contribution in [1.82, 2.24) is 0 Å². The molecule has 1 heterocycles. The molecule has 1 aliphatic rings. The summed E-state index contributed by atoms with van der Waals surface area (Å²) in [6, 6.07) is 11.8. The number of benzene rings is 2. The molecule has 0 atom stereocenters. The Morgan fingerprint density at radius 1 is 0.812 bits per heavy atom. The number of nitrogens with one attached hydrogen (secondary N) is 1. The van der Waals surface area contributed by atoms with Crippen LogP contribution in [0.5, 0.6) is 11.5 Å². The predicted octanol–water partition coefficient (Wildman–Crippen LogP) is 5.06. The van der Waals surface area contributed by atoms with Crippen molar-refractivity contribution in [2.45, 2.75) is 0 Å². The third-order valence-electron chi connectivity index (χ3n) is 2.37. The van der Waals surface area contributed by atoms with Gasteiger partial charge < -0.3 is 10.1 Å². The zero-order valence-electron chi connectivity index (χ0n) is 8.13. The van der Waals surface area contributed by atoms with E-state index in [1.54, 1.807) is 0 Å². The van der Waals surface area contributed by atoms with Crippen LogP contribution in [0.15, 0.2) is 45.3 Å². The Hall–Kier alpha value is -1.00. The first-order valence-electron chi connectivity index (χ1n) is 4.76. The summed E-state index contributed by atoms with van der Waals surface area (Å²) in [5.41, 5.74) is 1.96. The van der Waals surface area contributed by atoms with Crippen molar-refractivity contribution in [1.29, 1.82) is 0 Å². The van der Waals surface area contributed by atoms with Gasteiger partial charge in [0.1, 0.15) is 0 Å². The molecule has 16 heavy (non-hydrogen) atoms. The van der Waals surface area contributed by atoms with Gasteiger partial charge >= 0.3 is 0 Å². The van der Waals surface area contributed by atoms with Crippen LogP contribution in [-0.4, -0.2) is 0 Å². The first-order valence-corrected chi connectivity index (χ1v) is 6.35. The van der Waals surface area contributed by atoms with Gasteiger partial charge in [0.25, 0.3) is 0 Å². The molecular weight excluding hydrogens is 334 g/mol. The van der Waals surface area contributed by atoms with E-state index in [4.69, 9.17) is 4.74 Å². The van der Waals surface area contributed by atoms with Gasteiger partial charge in [-0.2, -0.15) is 0 Å². The summed E-state index contributed by atoms with van der Waals surface area (Å²) in [5, 5.41) is 3.33. The van der Waals surface area contributed by atoms with E-state index in [0.717, 1.165) is 31.8 Å². The summed E-state index contributed by atoms with van der Waals surface area (Å²) in [7, 11) is 0. The smallest absolute Gasteiger partial charge is 0.152 e. The Kier molecular flexibility index (Phi) is 2.41. The zero-order valence-corrected chi connectivity index (χ0v) is 11.3. The summed E-state index contributed by atoms with van der Waals surface area (Å²) in [4.78, 5) is 0. The van der Waals surface area contributed by atoms with Crippen molar-refractivity contribution in [3.8, 4) is 11.5 Å². The van der Waals surface area contributed by atoms with Crippen LogP contribution in [0.4, 0.5) is 11.4 Å². The number of fused-ring (bicyclic) bond motifs is 2. The Morgan fingerprint density at radius 2 is 1.56 bits per heavy atom. The normalized spacial score (nSPS) is 12.1. The fourth-order valence-corrected chi connectivity index (χ4v) is 2.34. The molecule has 2 aromatic carbocycles.